The molecular formula is C54H42FeP2. The summed E-state index contributed by atoms with van der Waals surface area (Å²) in [6.07, 6.45) is 20.9. The van der Waals surface area contributed by atoms with Gasteiger partial charge in [-0.2, -0.15) is 0 Å². The molecule has 57 heavy (non-hydrogen) atoms. The molecule has 2 heterocycles. The van der Waals surface area contributed by atoms with Crippen LogP contribution in [0.3, 0.4) is 0 Å². The maximum absolute atomic E-state index is 2.38. The summed E-state index contributed by atoms with van der Waals surface area (Å²) < 4.78 is 0. The first kappa shape index (κ1) is 36.5. The fourth-order valence-corrected chi connectivity index (χ4v) is 14.9. The molecule has 12 rings (SSSR count). The maximum atomic E-state index is 2.38. The second-order valence-electron chi connectivity index (χ2n) is 15.5. The smallest absolute Gasteiger partial charge is 0 e. The summed E-state index contributed by atoms with van der Waals surface area (Å²) in [4.78, 5) is 0. The van der Waals surface area contributed by atoms with E-state index in [-0.39, 0.29) is 32.9 Å². The van der Waals surface area contributed by atoms with Crippen molar-refractivity contribution in [2.45, 2.75) is 37.5 Å². The number of hydrogen-bond donors (Lipinski definition) is 0. The molecule has 0 spiro atoms. The number of allylic oxidation sites excluding steroid dienone is 8. The first-order valence-corrected chi connectivity index (χ1v) is 23.4. The van der Waals surface area contributed by atoms with Crippen LogP contribution in [0.15, 0.2) is 193 Å². The Morgan fingerprint density at radius 2 is 0.596 bits per heavy atom. The van der Waals surface area contributed by atoms with Gasteiger partial charge in [-0.3, -0.25) is 0 Å². The van der Waals surface area contributed by atoms with Gasteiger partial charge in [0.05, 0.1) is 0 Å². The molecule has 0 fully saturated rings. The summed E-state index contributed by atoms with van der Waals surface area (Å²) >= 11 is 0. The molecule has 3 heteroatoms. The molecule has 0 atom stereocenters. The second kappa shape index (κ2) is 15.5. The molecule has 0 saturated carbocycles. The molecule has 276 valence electrons. The third-order valence-electron chi connectivity index (χ3n) is 12.5. The van der Waals surface area contributed by atoms with Gasteiger partial charge in [0, 0.05) is 17.1 Å². The van der Waals surface area contributed by atoms with Crippen LogP contribution in [0.5, 0.6) is 0 Å². The summed E-state index contributed by atoms with van der Waals surface area (Å²) in [6.45, 7) is 0. The summed E-state index contributed by atoms with van der Waals surface area (Å²) in [5.74, 6) is 0. The molecule has 0 saturated heterocycles. The minimum absolute atomic E-state index is 0. The van der Waals surface area contributed by atoms with Crippen molar-refractivity contribution in [1.29, 1.82) is 0 Å². The molecule has 2 aliphatic heterocycles. The third kappa shape index (κ3) is 6.57. The van der Waals surface area contributed by atoms with Gasteiger partial charge in [0.1, 0.15) is 0 Å². The van der Waals surface area contributed by atoms with E-state index >= 15 is 0 Å². The van der Waals surface area contributed by atoms with E-state index in [9.17, 15) is 0 Å². The van der Waals surface area contributed by atoms with Gasteiger partial charge in [0.2, 0.25) is 0 Å². The van der Waals surface area contributed by atoms with E-state index in [4.69, 9.17) is 0 Å². The Hall–Kier alpha value is -4.86. The fourth-order valence-electron chi connectivity index (χ4n) is 9.66. The van der Waals surface area contributed by atoms with E-state index in [2.05, 4.69) is 182 Å². The number of hydrogen-bond acceptors (Lipinski definition) is 0. The van der Waals surface area contributed by atoms with Crippen molar-refractivity contribution in [3.05, 3.63) is 215 Å². The monoisotopic (exact) mass is 808 g/mol. The van der Waals surface area contributed by atoms with Crippen LogP contribution in [0.4, 0.5) is 0 Å². The van der Waals surface area contributed by atoms with Gasteiger partial charge in [-0.25, -0.2) is 0 Å². The minimum Gasteiger partial charge on any atom is -0.0801 e. The van der Waals surface area contributed by atoms with E-state index in [0.717, 1.165) is 12.8 Å². The van der Waals surface area contributed by atoms with Crippen LogP contribution < -0.4 is 0 Å². The molecule has 2 aliphatic carbocycles. The van der Waals surface area contributed by atoms with Crippen LogP contribution in [-0.2, 0) is 41.7 Å². The third-order valence-corrected chi connectivity index (χ3v) is 17.5. The van der Waals surface area contributed by atoms with E-state index in [1.807, 2.05) is 0 Å². The molecule has 0 N–H and O–H groups in total. The van der Waals surface area contributed by atoms with Crippen molar-refractivity contribution in [3.8, 4) is 22.3 Å². The summed E-state index contributed by atoms with van der Waals surface area (Å²) in [5, 5.41) is 14.5. The normalized spacial score (nSPS) is 15.8. The van der Waals surface area contributed by atoms with Gasteiger partial charge in [-0.1, -0.05) is 198 Å². The van der Waals surface area contributed by atoms with Crippen molar-refractivity contribution < 1.29 is 17.1 Å². The first-order chi connectivity index (χ1) is 27.8. The number of benzene rings is 8. The summed E-state index contributed by atoms with van der Waals surface area (Å²) in [6, 6.07) is 54.3. The topological polar surface area (TPSA) is 0 Å². The minimum atomic E-state index is -0.220. The zero-order chi connectivity index (χ0) is 37.0. The van der Waals surface area contributed by atoms with Gasteiger partial charge >= 0.3 is 0 Å². The van der Waals surface area contributed by atoms with Gasteiger partial charge in [-0.15, -0.1) is 0 Å². The maximum Gasteiger partial charge on any atom is 0 e. The summed E-state index contributed by atoms with van der Waals surface area (Å²) in [7, 11) is -0.441. The zero-order valence-corrected chi connectivity index (χ0v) is 34.7. The van der Waals surface area contributed by atoms with Crippen LogP contribution >= 0.6 is 15.8 Å². The van der Waals surface area contributed by atoms with Crippen molar-refractivity contribution in [2.75, 3.05) is 0 Å². The van der Waals surface area contributed by atoms with E-state index in [1.165, 1.54) is 90.0 Å². The van der Waals surface area contributed by atoms with Crippen molar-refractivity contribution in [1.82, 2.24) is 0 Å². The fraction of sp³-hybridized carbons (Fsp3) is 0.111. The van der Waals surface area contributed by atoms with Crippen LogP contribution in [0.25, 0.3) is 65.3 Å². The Morgan fingerprint density at radius 1 is 0.316 bits per heavy atom. The number of rotatable bonds is 2. The predicted octanol–water partition coefficient (Wildman–Crippen LogP) is 16.0. The molecule has 0 bridgehead atoms. The molecule has 0 aromatic heterocycles. The van der Waals surface area contributed by atoms with Gasteiger partial charge in [0.15, 0.2) is 0 Å². The van der Waals surface area contributed by atoms with Crippen molar-refractivity contribution in [3.63, 3.8) is 0 Å². The Bertz CT molecular complexity index is 2620. The van der Waals surface area contributed by atoms with Crippen LogP contribution in [0, 0.1) is 0 Å². The number of fused-ring (bicyclic) bond motifs is 14. The van der Waals surface area contributed by atoms with Gasteiger partial charge in [0.25, 0.3) is 0 Å². The molecule has 0 amide bonds. The Morgan fingerprint density at radius 3 is 0.860 bits per heavy atom. The Kier molecular flexibility index (Phi) is 9.91. The molecular weight excluding hydrogens is 766 g/mol. The SMILES string of the molecule is C1=CCC(P2Cc3c(ccc4ccccc34)-c3ccc4ccccc4c3C2)=C1.C1=CCC(P2Cc3c(ccc4ccccc34)-c3ccc4ccccc4c3C2)=C1.[Fe]. The van der Waals surface area contributed by atoms with Crippen LogP contribution in [0.1, 0.15) is 35.1 Å². The van der Waals surface area contributed by atoms with Crippen molar-refractivity contribution >= 4 is 58.9 Å². The average molecular weight is 809 g/mol. The second-order valence-corrected chi connectivity index (χ2v) is 20.1. The summed E-state index contributed by atoms with van der Waals surface area (Å²) in [5.41, 5.74) is 12.0. The Balaban J connectivity index is 0.000000137. The van der Waals surface area contributed by atoms with Crippen LogP contribution in [-0.4, -0.2) is 0 Å². The van der Waals surface area contributed by atoms with Crippen molar-refractivity contribution in [2.24, 2.45) is 0 Å². The zero-order valence-electron chi connectivity index (χ0n) is 31.8. The van der Waals surface area contributed by atoms with Crippen LogP contribution in [0.2, 0.25) is 0 Å². The first-order valence-electron chi connectivity index (χ1n) is 20.0. The molecule has 4 aliphatic rings. The molecule has 0 radical (unpaired) electrons. The van der Waals surface area contributed by atoms with E-state index in [1.54, 1.807) is 32.9 Å². The van der Waals surface area contributed by atoms with E-state index < -0.39 is 0 Å². The molecule has 8 aromatic carbocycles. The standard InChI is InChI=1S/2C27H21P.Fe/c2*1-5-11-22-19(7-1)13-15-24-25-16-14-20-8-2-6-12-23(20)27(25)18-28(17-26(22)24)21-9-3-4-10-21;/h2*1-9,11-16H,10,17-18H2;. The average Bonchev–Trinajstić information content (AvgIpc) is 3.94. The largest absolute Gasteiger partial charge is 0.0801 e. The van der Waals surface area contributed by atoms with Gasteiger partial charge in [-0.05, 0) is 136 Å². The predicted molar refractivity (Wildman–Crippen MR) is 246 cm³/mol. The molecule has 8 aromatic rings. The molecule has 0 nitrogen and oxygen atoms in total. The van der Waals surface area contributed by atoms with Gasteiger partial charge < -0.3 is 0 Å². The quantitative estimate of drug-likeness (QED) is 0.121. The van der Waals surface area contributed by atoms with E-state index in [0.29, 0.717) is 0 Å². The molecule has 0 unspecified atom stereocenters. The Labute approximate surface area is 348 Å².